The first kappa shape index (κ1) is 12.7. The summed E-state index contributed by atoms with van der Waals surface area (Å²) in [6.07, 6.45) is 2.08. The van der Waals surface area contributed by atoms with E-state index < -0.39 is 6.10 Å². The van der Waals surface area contributed by atoms with Gasteiger partial charge in [0.05, 0.1) is 16.4 Å². The van der Waals surface area contributed by atoms with E-state index in [-0.39, 0.29) is 0 Å². The lowest BCUT2D eigenvalue weighted by Gasteiger charge is -2.17. The highest BCUT2D eigenvalue weighted by Gasteiger charge is 2.24. The van der Waals surface area contributed by atoms with Gasteiger partial charge in [0.1, 0.15) is 6.10 Å². The van der Waals surface area contributed by atoms with Crippen molar-refractivity contribution in [2.45, 2.75) is 26.0 Å². The number of nitrogens with one attached hydrogen (secondary N) is 1. The van der Waals surface area contributed by atoms with Gasteiger partial charge >= 0.3 is 0 Å². The van der Waals surface area contributed by atoms with Gasteiger partial charge in [0.25, 0.3) is 0 Å². The fourth-order valence-electron chi connectivity index (χ4n) is 2.64. The minimum Gasteiger partial charge on any atom is -0.384 e. The standard InChI is InChI=1S/C14H16BrN3O/c1-2-18-13(11(15)8-17-18)14(19)10-5-3-4-9-6-7-16-12(9)10/h3-5,8,14,16,19H,2,6-7H2,1H3. The monoisotopic (exact) mass is 321 g/mol. The van der Waals surface area contributed by atoms with E-state index in [0.29, 0.717) is 0 Å². The zero-order chi connectivity index (χ0) is 13.4. The van der Waals surface area contributed by atoms with Gasteiger partial charge in [-0.05, 0) is 34.8 Å². The minimum absolute atomic E-state index is 0.669. The first-order valence-electron chi connectivity index (χ1n) is 6.47. The van der Waals surface area contributed by atoms with E-state index in [1.165, 1.54) is 5.56 Å². The van der Waals surface area contributed by atoms with Crippen molar-refractivity contribution >= 4 is 21.6 Å². The van der Waals surface area contributed by atoms with Crippen molar-refractivity contribution < 1.29 is 5.11 Å². The van der Waals surface area contributed by atoms with Gasteiger partial charge in [-0.2, -0.15) is 5.10 Å². The zero-order valence-corrected chi connectivity index (χ0v) is 12.3. The maximum Gasteiger partial charge on any atom is 0.124 e. The van der Waals surface area contributed by atoms with E-state index in [4.69, 9.17) is 0 Å². The molecule has 1 unspecified atom stereocenters. The van der Waals surface area contributed by atoms with Crippen molar-refractivity contribution in [1.82, 2.24) is 9.78 Å². The summed E-state index contributed by atoms with van der Waals surface area (Å²) in [4.78, 5) is 0. The molecule has 100 valence electrons. The summed E-state index contributed by atoms with van der Waals surface area (Å²) in [5.74, 6) is 0. The Labute approximate surface area is 120 Å². The molecule has 4 nitrogen and oxygen atoms in total. The van der Waals surface area contributed by atoms with Gasteiger partial charge in [-0.15, -0.1) is 0 Å². The Kier molecular flexibility index (Phi) is 3.33. The third-order valence-electron chi connectivity index (χ3n) is 3.57. The van der Waals surface area contributed by atoms with Gasteiger partial charge < -0.3 is 10.4 Å². The van der Waals surface area contributed by atoms with Crippen LogP contribution in [0.15, 0.2) is 28.9 Å². The van der Waals surface area contributed by atoms with Crippen LogP contribution in [0.25, 0.3) is 0 Å². The highest BCUT2D eigenvalue weighted by atomic mass is 79.9. The summed E-state index contributed by atoms with van der Waals surface area (Å²) >= 11 is 3.47. The molecule has 0 aliphatic carbocycles. The molecular formula is C14H16BrN3O. The number of rotatable bonds is 3. The number of nitrogens with zero attached hydrogens (tertiary/aromatic N) is 2. The summed E-state index contributed by atoms with van der Waals surface area (Å²) < 4.78 is 2.67. The van der Waals surface area contributed by atoms with Crippen LogP contribution >= 0.6 is 15.9 Å². The lowest BCUT2D eigenvalue weighted by Crippen LogP contribution is -2.11. The second-order valence-corrected chi connectivity index (χ2v) is 5.51. The number of para-hydroxylation sites is 1. The summed E-state index contributed by atoms with van der Waals surface area (Å²) in [6.45, 7) is 3.69. The third-order valence-corrected chi connectivity index (χ3v) is 4.18. The van der Waals surface area contributed by atoms with Gasteiger partial charge in [0.2, 0.25) is 0 Å². The van der Waals surface area contributed by atoms with Crippen molar-refractivity contribution in [1.29, 1.82) is 0 Å². The molecular weight excluding hydrogens is 306 g/mol. The maximum atomic E-state index is 10.7. The van der Waals surface area contributed by atoms with Crippen LogP contribution in [0.1, 0.15) is 29.8 Å². The van der Waals surface area contributed by atoms with Crippen molar-refractivity contribution in [3.05, 3.63) is 45.7 Å². The topological polar surface area (TPSA) is 50.1 Å². The molecule has 0 saturated carbocycles. The fourth-order valence-corrected chi connectivity index (χ4v) is 3.15. The molecule has 0 bridgehead atoms. The number of hydrogen-bond donors (Lipinski definition) is 2. The summed E-state index contributed by atoms with van der Waals surface area (Å²) in [7, 11) is 0. The number of fused-ring (bicyclic) bond motifs is 1. The quantitative estimate of drug-likeness (QED) is 0.913. The number of aliphatic hydroxyl groups is 1. The minimum atomic E-state index is -0.669. The molecule has 1 aromatic heterocycles. The molecule has 1 aliphatic rings. The van der Waals surface area contributed by atoms with Gasteiger partial charge in [-0.3, -0.25) is 4.68 Å². The van der Waals surface area contributed by atoms with Gasteiger partial charge in [-0.25, -0.2) is 0 Å². The lowest BCUT2D eigenvalue weighted by molar-refractivity contribution is 0.208. The molecule has 0 spiro atoms. The lowest BCUT2D eigenvalue weighted by atomic mass is 10.0. The number of aliphatic hydroxyl groups excluding tert-OH is 1. The van der Waals surface area contributed by atoms with Crippen LogP contribution in [-0.4, -0.2) is 21.4 Å². The van der Waals surface area contributed by atoms with Crippen LogP contribution in [0.3, 0.4) is 0 Å². The molecule has 0 saturated heterocycles. The van der Waals surface area contributed by atoms with E-state index in [1.807, 2.05) is 23.7 Å². The molecule has 0 radical (unpaired) electrons. The molecule has 2 heterocycles. The first-order valence-corrected chi connectivity index (χ1v) is 7.26. The van der Waals surface area contributed by atoms with Crippen molar-refractivity contribution in [2.75, 3.05) is 11.9 Å². The number of aromatic nitrogens is 2. The maximum absolute atomic E-state index is 10.7. The summed E-state index contributed by atoms with van der Waals surface area (Å²) in [5.41, 5.74) is 4.08. The van der Waals surface area contributed by atoms with Crippen LogP contribution in [0.4, 0.5) is 5.69 Å². The molecule has 1 aromatic carbocycles. The molecule has 19 heavy (non-hydrogen) atoms. The third kappa shape index (κ3) is 2.07. The number of hydrogen-bond acceptors (Lipinski definition) is 3. The number of anilines is 1. The molecule has 1 aliphatic heterocycles. The second-order valence-electron chi connectivity index (χ2n) is 4.65. The Bertz CT molecular complexity index is 609. The highest BCUT2D eigenvalue weighted by Crippen LogP contribution is 2.36. The first-order chi connectivity index (χ1) is 9.22. The van der Waals surface area contributed by atoms with Crippen LogP contribution < -0.4 is 5.32 Å². The Morgan fingerprint density at radius 3 is 3.16 bits per heavy atom. The average molecular weight is 322 g/mol. The van der Waals surface area contributed by atoms with Crippen LogP contribution in [0.5, 0.6) is 0 Å². The predicted octanol–water partition coefficient (Wildman–Crippen LogP) is 2.72. The Balaban J connectivity index is 2.07. The summed E-state index contributed by atoms with van der Waals surface area (Å²) in [5, 5.41) is 18.3. The Morgan fingerprint density at radius 1 is 1.53 bits per heavy atom. The van der Waals surface area contributed by atoms with Crippen molar-refractivity contribution in [2.24, 2.45) is 0 Å². The van der Waals surface area contributed by atoms with Gasteiger partial charge in [0, 0.05) is 24.3 Å². The van der Waals surface area contributed by atoms with E-state index in [0.717, 1.165) is 40.9 Å². The smallest absolute Gasteiger partial charge is 0.124 e. The molecule has 0 fully saturated rings. The predicted molar refractivity (Wildman–Crippen MR) is 78.3 cm³/mol. The highest BCUT2D eigenvalue weighted by molar-refractivity contribution is 9.10. The van der Waals surface area contributed by atoms with Gasteiger partial charge in [0.15, 0.2) is 0 Å². The molecule has 0 amide bonds. The molecule has 5 heteroatoms. The second kappa shape index (κ2) is 4.98. The van der Waals surface area contributed by atoms with Crippen molar-refractivity contribution in [3.63, 3.8) is 0 Å². The van der Waals surface area contributed by atoms with E-state index in [1.54, 1.807) is 6.20 Å². The molecule has 3 rings (SSSR count). The molecule has 2 aromatic rings. The molecule has 1 atom stereocenters. The zero-order valence-electron chi connectivity index (χ0n) is 10.7. The van der Waals surface area contributed by atoms with Crippen LogP contribution in [0, 0.1) is 0 Å². The molecule has 2 N–H and O–H groups in total. The summed E-state index contributed by atoms with van der Waals surface area (Å²) in [6, 6.07) is 6.09. The van der Waals surface area contributed by atoms with Crippen LogP contribution in [-0.2, 0) is 13.0 Å². The normalized spacial score (nSPS) is 15.1. The number of aryl methyl sites for hydroxylation is 1. The van der Waals surface area contributed by atoms with Gasteiger partial charge in [-0.1, -0.05) is 18.2 Å². The largest absolute Gasteiger partial charge is 0.384 e. The van der Waals surface area contributed by atoms with E-state index in [2.05, 4.69) is 32.4 Å². The van der Waals surface area contributed by atoms with Crippen molar-refractivity contribution in [3.8, 4) is 0 Å². The Hall–Kier alpha value is -1.33. The fraction of sp³-hybridized carbons (Fsp3) is 0.357. The van der Waals surface area contributed by atoms with E-state index in [9.17, 15) is 5.11 Å². The number of benzene rings is 1. The van der Waals surface area contributed by atoms with Crippen LogP contribution in [0.2, 0.25) is 0 Å². The SMILES string of the molecule is CCn1ncc(Br)c1C(O)c1cccc2c1NCC2. The van der Waals surface area contributed by atoms with E-state index >= 15 is 0 Å². The Morgan fingerprint density at radius 2 is 2.37 bits per heavy atom. The number of halogens is 1. The average Bonchev–Trinajstić information content (AvgIpc) is 3.03.